The number of hydrogen-bond donors (Lipinski definition) is 1. The Morgan fingerprint density at radius 1 is 1.08 bits per heavy atom. The van der Waals surface area contributed by atoms with Gasteiger partial charge in [0.1, 0.15) is 12.4 Å². The molecule has 1 aromatic heterocycles. The smallest absolute Gasteiger partial charge is 0.313 e. The summed E-state index contributed by atoms with van der Waals surface area (Å²) in [5.74, 6) is 0.761. The van der Waals surface area contributed by atoms with E-state index in [4.69, 9.17) is 9.15 Å². The van der Waals surface area contributed by atoms with Crippen molar-refractivity contribution in [2.75, 3.05) is 5.32 Å². The molecule has 0 bridgehead atoms. The molecule has 128 valence electrons. The molecule has 1 N–H and O–H groups in total. The molecule has 0 saturated carbocycles. The van der Waals surface area contributed by atoms with Gasteiger partial charge in [-0.2, -0.15) is 0 Å². The van der Waals surface area contributed by atoms with Gasteiger partial charge in [-0.15, -0.1) is 10.2 Å². The Balaban J connectivity index is 1.57. The summed E-state index contributed by atoms with van der Waals surface area (Å²) >= 11 is 0. The Morgan fingerprint density at radius 3 is 2.44 bits per heavy atom. The number of aromatic nitrogens is 2. The van der Waals surface area contributed by atoms with Crippen LogP contribution in [0.1, 0.15) is 41.9 Å². The van der Waals surface area contributed by atoms with Gasteiger partial charge in [0.2, 0.25) is 5.89 Å². The van der Waals surface area contributed by atoms with Crippen LogP contribution < -0.4 is 10.1 Å². The lowest BCUT2D eigenvalue weighted by molar-refractivity contribution is 0.0988. The second-order valence-electron chi connectivity index (χ2n) is 5.85. The molecule has 0 aliphatic rings. The number of amides is 1. The molecule has 0 saturated heterocycles. The Morgan fingerprint density at radius 2 is 1.80 bits per heavy atom. The summed E-state index contributed by atoms with van der Waals surface area (Å²) in [4.78, 5) is 12.1. The molecule has 0 atom stereocenters. The summed E-state index contributed by atoms with van der Waals surface area (Å²) < 4.78 is 11.0. The number of rotatable bonds is 6. The lowest BCUT2D eigenvalue weighted by Gasteiger charge is -2.07. The third-order valence-corrected chi connectivity index (χ3v) is 3.49. The van der Waals surface area contributed by atoms with Crippen molar-refractivity contribution in [3.05, 3.63) is 71.9 Å². The summed E-state index contributed by atoms with van der Waals surface area (Å²) in [6.07, 6.45) is 0. The number of nitrogens with one attached hydrogen (secondary N) is 1. The van der Waals surface area contributed by atoms with E-state index in [0.29, 0.717) is 18.2 Å². The Hall–Kier alpha value is -3.15. The molecular weight excluding hydrogens is 318 g/mol. The van der Waals surface area contributed by atoms with Gasteiger partial charge in [0.25, 0.3) is 0 Å². The lowest BCUT2D eigenvalue weighted by Crippen LogP contribution is -2.12. The van der Waals surface area contributed by atoms with Gasteiger partial charge < -0.3 is 14.5 Å². The van der Waals surface area contributed by atoms with Crippen LogP contribution in [0.2, 0.25) is 0 Å². The van der Waals surface area contributed by atoms with Gasteiger partial charge in [-0.25, -0.2) is 0 Å². The first-order valence-corrected chi connectivity index (χ1v) is 8.03. The van der Waals surface area contributed by atoms with Crippen molar-refractivity contribution in [1.82, 2.24) is 10.2 Å². The monoisotopic (exact) mass is 337 g/mol. The molecule has 1 heterocycles. The van der Waals surface area contributed by atoms with Crippen molar-refractivity contribution in [3.63, 3.8) is 0 Å². The molecule has 0 aliphatic heterocycles. The number of benzene rings is 2. The van der Waals surface area contributed by atoms with E-state index in [1.807, 2.05) is 44.2 Å². The highest BCUT2D eigenvalue weighted by molar-refractivity contribution is 6.00. The van der Waals surface area contributed by atoms with Crippen molar-refractivity contribution in [2.24, 2.45) is 0 Å². The molecule has 0 unspecified atom stereocenters. The van der Waals surface area contributed by atoms with Crippen molar-refractivity contribution < 1.29 is 13.9 Å². The maximum atomic E-state index is 12.1. The number of nitrogens with zero attached hydrogens (tertiary/aromatic N) is 2. The highest BCUT2D eigenvalue weighted by Crippen LogP contribution is 2.18. The van der Waals surface area contributed by atoms with Crippen molar-refractivity contribution in [3.8, 4) is 5.75 Å². The quantitative estimate of drug-likeness (QED) is 0.735. The van der Waals surface area contributed by atoms with Crippen LogP contribution >= 0.6 is 0 Å². The first-order valence-electron chi connectivity index (χ1n) is 8.03. The molecule has 0 radical (unpaired) electrons. The minimum absolute atomic E-state index is 0.0481. The summed E-state index contributed by atoms with van der Waals surface area (Å²) in [6.45, 7) is 4.33. The minimum Gasteiger partial charge on any atom is -0.489 e. The minimum atomic E-state index is -0.433. The average molecular weight is 337 g/mol. The standard InChI is InChI=1S/C19H19N3O3/c1-13(2)18-21-22-19(25-18)17(23)20-15-8-10-16(11-9-15)24-12-14-6-4-3-5-7-14/h3-11,13H,12H2,1-2H3,(H,20,23). The molecule has 3 rings (SSSR count). The molecule has 1 amide bonds. The summed E-state index contributed by atoms with van der Waals surface area (Å²) in [7, 11) is 0. The van der Waals surface area contributed by atoms with E-state index in [-0.39, 0.29) is 11.8 Å². The highest BCUT2D eigenvalue weighted by atomic mass is 16.5. The second kappa shape index (κ2) is 7.61. The van der Waals surface area contributed by atoms with Crippen molar-refractivity contribution in [1.29, 1.82) is 0 Å². The highest BCUT2D eigenvalue weighted by Gasteiger charge is 2.16. The van der Waals surface area contributed by atoms with Crippen LogP contribution in [0, 0.1) is 0 Å². The van der Waals surface area contributed by atoms with Crippen LogP contribution in [0.15, 0.2) is 59.0 Å². The Labute approximate surface area is 145 Å². The fourth-order valence-electron chi connectivity index (χ4n) is 2.12. The van der Waals surface area contributed by atoms with Gasteiger partial charge in [-0.3, -0.25) is 4.79 Å². The zero-order valence-corrected chi connectivity index (χ0v) is 14.1. The van der Waals surface area contributed by atoms with E-state index in [1.165, 1.54) is 0 Å². The fourth-order valence-corrected chi connectivity index (χ4v) is 2.12. The zero-order chi connectivity index (χ0) is 17.6. The van der Waals surface area contributed by atoms with E-state index in [2.05, 4.69) is 15.5 Å². The van der Waals surface area contributed by atoms with Crippen LogP contribution in [0.25, 0.3) is 0 Å². The Kier molecular flexibility index (Phi) is 5.09. The first-order chi connectivity index (χ1) is 12.1. The molecule has 25 heavy (non-hydrogen) atoms. The number of carbonyl (C=O) groups is 1. The zero-order valence-electron chi connectivity index (χ0n) is 14.1. The third-order valence-electron chi connectivity index (χ3n) is 3.49. The van der Waals surface area contributed by atoms with Crippen molar-refractivity contribution >= 4 is 11.6 Å². The maximum Gasteiger partial charge on any atom is 0.313 e. The normalized spacial score (nSPS) is 10.7. The summed E-state index contributed by atoms with van der Waals surface area (Å²) in [5.41, 5.74) is 1.72. The van der Waals surface area contributed by atoms with Gasteiger partial charge in [-0.1, -0.05) is 44.2 Å². The molecule has 3 aromatic rings. The number of anilines is 1. The maximum absolute atomic E-state index is 12.1. The van der Waals surface area contributed by atoms with Crippen LogP contribution in [0.5, 0.6) is 5.75 Å². The topological polar surface area (TPSA) is 77.2 Å². The van der Waals surface area contributed by atoms with E-state index in [0.717, 1.165) is 11.3 Å². The van der Waals surface area contributed by atoms with Crippen molar-refractivity contribution in [2.45, 2.75) is 26.4 Å². The van der Waals surface area contributed by atoms with E-state index in [9.17, 15) is 4.79 Å². The molecule has 0 aliphatic carbocycles. The molecule has 0 fully saturated rings. The van der Waals surface area contributed by atoms with Gasteiger partial charge in [0.05, 0.1) is 0 Å². The van der Waals surface area contributed by atoms with Crippen LogP contribution in [-0.4, -0.2) is 16.1 Å². The predicted molar refractivity (Wildman–Crippen MR) is 93.6 cm³/mol. The molecule has 2 aromatic carbocycles. The van der Waals surface area contributed by atoms with E-state index >= 15 is 0 Å². The van der Waals surface area contributed by atoms with E-state index < -0.39 is 5.91 Å². The summed E-state index contributed by atoms with van der Waals surface area (Å²) in [6, 6.07) is 17.0. The van der Waals surface area contributed by atoms with Crippen LogP contribution in [0.4, 0.5) is 5.69 Å². The predicted octanol–water partition coefficient (Wildman–Crippen LogP) is 4.02. The molecule has 6 heteroatoms. The summed E-state index contributed by atoms with van der Waals surface area (Å²) in [5, 5.41) is 10.3. The van der Waals surface area contributed by atoms with Gasteiger partial charge in [0.15, 0.2) is 0 Å². The number of carbonyl (C=O) groups excluding carboxylic acids is 1. The fraction of sp³-hybridized carbons (Fsp3) is 0.211. The van der Waals surface area contributed by atoms with Gasteiger partial charge in [0, 0.05) is 11.6 Å². The Bertz CT molecular complexity index is 827. The van der Waals surface area contributed by atoms with Gasteiger partial charge >= 0.3 is 11.8 Å². The van der Waals surface area contributed by atoms with Gasteiger partial charge in [-0.05, 0) is 29.8 Å². The lowest BCUT2D eigenvalue weighted by atomic mass is 10.2. The molecule has 0 spiro atoms. The third kappa shape index (κ3) is 4.44. The number of hydrogen-bond acceptors (Lipinski definition) is 5. The first kappa shape index (κ1) is 16.7. The van der Waals surface area contributed by atoms with Crippen LogP contribution in [-0.2, 0) is 6.61 Å². The molecule has 6 nitrogen and oxygen atoms in total. The SMILES string of the molecule is CC(C)c1nnc(C(=O)Nc2ccc(OCc3ccccc3)cc2)o1. The second-order valence-corrected chi connectivity index (χ2v) is 5.85. The largest absolute Gasteiger partial charge is 0.489 e. The number of ether oxygens (including phenoxy) is 1. The van der Waals surface area contributed by atoms with E-state index in [1.54, 1.807) is 24.3 Å². The molecular formula is C19H19N3O3. The average Bonchev–Trinajstić information content (AvgIpc) is 3.13. The van der Waals surface area contributed by atoms with Crippen LogP contribution in [0.3, 0.4) is 0 Å².